The number of piperidine rings is 1. The summed E-state index contributed by atoms with van der Waals surface area (Å²) in [7, 11) is 0. The topological polar surface area (TPSA) is 68.1 Å². The lowest BCUT2D eigenvalue weighted by Gasteiger charge is -2.38. The molecule has 10 heteroatoms. The van der Waals surface area contributed by atoms with Crippen LogP contribution in [-0.2, 0) is 0 Å². The molecule has 1 saturated heterocycles. The number of nitrogens with zero attached hydrogens (tertiary/aromatic N) is 5. The molecule has 2 fully saturated rings. The van der Waals surface area contributed by atoms with Crippen molar-refractivity contribution in [1.29, 1.82) is 0 Å². The standard InChI is InChI=1S/C22H26F2N6OS/c1-12(2)30-22(31-18-8-16(23)7-17(24)9-18)26-21(27-30)25-20-14-4-5-15(20)11-29(10-14)19-6-13(3)28-32-19/h6-9,12,14-15,20H,4-5,10-11H2,1-3H3,(H,25,27)/t14-,15+,20-. The van der Waals surface area contributed by atoms with Gasteiger partial charge < -0.3 is 15.0 Å². The minimum Gasteiger partial charge on any atom is -0.424 e. The molecule has 7 nitrogen and oxygen atoms in total. The second kappa shape index (κ2) is 8.31. The molecule has 0 radical (unpaired) electrons. The molecule has 0 amide bonds. The molecule has 1 saturated carbocycles. The Morgan fingerprint density at radius 3 is 2.38 bits per heavy atom. The lowest BCUT2D eigenvalue weighted by molar-refractivity contribution is 0.372. The van der Waals surface area contributed by atoms with Gasteiger partial charge in [0.2, 0.25) is 5.95 Å². The number of benzene rings is 1. The highest BCUT2D eigenvalue weighted by atomic mass is 32.1. The van der Waals surface area contributed by atoms with Crippen LogP contribution in [-0.4, -0.2) is 38.3 Å². The van der Waals surface area contributed by atoms with Gasteiger partial charge in [0.15, 0.2) is 0 Å². The van der Waals surface area contributed by atoms with E-state index in [1.54, 1.807) is 16.2 Å². The van der Waals surface area contributed by atoms with Crippen LogP contribution in [0.1, 0.15) is 38.4 Å². The zero-order valence-corrected chi connectivity index (χ0v) is 19.1. The summed E-state index contributed by atoms with van der Waals surface area (Å²) in [6, 6.07) is 5.68. The van der Waals surface area contributed by atoms with E-state index in [0.29, 0.717) is 17.8 Å². The molecule has 2 aliphatic rings. The molecule has 0 spiro atoms. The van der Waals surface area contributed by atoms with Crippen LogP contribution < -0.4 is 15.0 Å². The molecule has 1 aliphatic carbocycles. The Balaban J connectivity index is 1.33. The smallest absolute Gasteiger partial charge is 0.322 e. The number of fused-ring (bicyclic) bond motifs is 2. The first kappa shape index (κ1) is 21.1. The molecule has 3 heterocycles. The van der Waals surface area contributed by atoms with E-state index in [1.807, 2.05) is 20.8 Å². The van der Waals surface area contributed by atoms with Crippen molar-refractivity contribution in [2.75, 3.05) is 23.3 Å². The summed E-state index contributed by atoms with van der Waals surface area (Å²) in [6.07, 6.45) is 2.32. The van der Waals surface area contributed by atoms with Crippen molar-refractivity contribution >= 4 is 22.5 Å². The van der Waals surface area contributed by atoms with Crippen molar-refractivity contribution in [2.24, 2.45) is 11.8 Å². The van der Waals surface area contributed by atoms with Gasteiger partial charge in [-0.3, -0.25) is 0 Å². The Morgan fingerprint density at radius 1 is 1.09 bits per heavy atom. The quantitative estimate of drug-likeness (QED) is 0.557. The molecule has 2 aromatic heterocycles. The predicted octanol–water partition coefficient (Wildman–Crippen LogP) is 5.02. The van der Waals surface area contributed by atoms with E-state index in [0.717, 1.165) is 49.8 Å². The minimum atomic E-state index is -0.701. The fraction of sp³-hybridized carbons (Fsp3) is 0.500. The minimum absolute atomic E-state index is 0.0282. The highest BCUT2D eigenvalue weighted by Crippen LogP contribution is 2.41. The molecule has 1 aromatic carbocycles. The summed E-state index contributed by atoms with van der Waals surface area (Å²) >= 11 is 1.56. The predicted molar refractivity (Wildman–Crippen MR) is 120 cm³/mol. The van der Waals surface area contributed by atoms with Gasteiger partial charge in [-0.25, -0.2) is 13.5 Å². The fourth-order valence-corrected chi connectivity index (χ4v) is 5.53. The maximum Gasteiger partial charge on any atom is 0.322 e. The highest BCUT2D eigenvalue weighted by molar-refractivity contribution is 7.10. The number of ether oxygens (including phenoxy) is 1. The van der Waals surface area contributed by atoms with Crippen LogP contribution >= 0.6 is 11.5 Å². The van der Waals surface area contributed by atoms with Crippen LogP contribution in [0.5, 0.6) is 11.8 Å². The summed E-state index contributed by atoms with van der Waals surface area (Å²) in [5.74, 6) is 0.112. The number of rotatable bonds is 6. The van der Waals surface area contributed by atoms with Crippen molar-refractivity contribution in [3.63, 3.8) is 0 Å². The maximum atomic E-state index is 13.6. The number of nitrogens with one attached hydrogen (secondary N) is 1. The van der Waals surface area contributed by atoms with E-state index in [1.165, 1.54) is 5.00 Å². The fourth-order valence-electron chi connectivity index (χ4n) is 4.76. The van der Waals surface area contributed by atoms with Gasteiger partial charge in [0, 0.05) is 37.3 Å². The lowest BCUT2D eigenvalue weighted by atomic mass is 9.92. The first-order chi connectivity index (χ1) is 15.4. The summed E-state index contributed by atoms with van der Waals surface area (Å²) in [5, 5.41) is 9.35. The van der Waals surface area contributed by atoms with Gasteiger partial charge in [-0.2, -0.15) is 9.36 Å². The van der Waals surface area contributed by atoms with Crippen molar-refractivity contribution in [3.05, 3.63) is 41.6 Å². The lowest BCUT2D eigenvalue weighted by Crippen LogP contribution is -2.48. The van der Waals surface area contributed by atoms with E-state index in [9.17, 15) is 8.78 Å². The molecule has 0 unspecified atom stereocenters. The van der Waals surface area contributed by atoms with E-state index < -0.39 is 11.6 Å². The Kier molecular flexibility index (Phi) is 5.48. The largest absolute Gasteiger partial charge is 0.424 e. The SMILES string of the molecule is Cc1cc(N2C[C@H]3CC[C@@H](C2)[C@@H]3Nc2nc(Oc3cc(F)cc(F)c3)n(C(C)C)n2)sn1. The zero-order valence-electron chi connectivity index (χ0n) is 18.3. The van der Waals surface area contributed by atoms with Gasteiger partial charge in [0.1, 0.15) is 22.4 Å². The number of aryl methyl sites for hydroxylation is 1. The highest BCUT2D eigenvalue weighted by Gasteiger charge is 2.43. The van der Waals surface area contributed by atoms with Gasteiger partial charge >= 0.3 is 6.01 Å². The van der Waals surface area contributed by atoms with E-state index >= 15 is 0 Å². The third kappa shape index (κ3) is 4.15. The molecule has 1 N–H and O–H groups in total. The molecule has 3 atom stereocenters. The molecule has 2 bridgehead atoms. The number of hydrogen-bond acceptors (Lipinski definition) is 7. The maximum absolute atomic E-state index is 13.6. The van der Waals surface area contributed by atoms with Gasteiger partial charge in [0.05, 0.1) is 11.7 Å². The molecule has 5 rings (SSSR count). The van der Waals surface area contributed by atoms with E-state index in [-0.39, 0.29) is 23.8 Å². The Hall–Kier alpha value is -2.75. The summed E-state index contributed by atoms with van der Waals surface area (Å²) in [6.45, 7) is 7.89. The molecular formula is C22H26F2N6OS. The average molecular weight is 461 g/mol. The molecule has 3 aromatic rings. The van der Waals surface area contributed by atoms with E-state index in [4.69, 9.17) is 4.74 Å². The van der Waals surface area contributed by atoms with Crippen LogP contribution in [0.4, 0.5) is 19.7 Å². The Labute approximate surface area is 189 Å². The van der Waals surface area contributed by atoms with E-state index in [2.05, 4.69) is 30.7 Å². The Bertz CT molecular complexity index is 1080. The number of halogens is 2. The molecule has 1 aliphatic heterocycles. The second-order valence-electron chi connectivity index (χ2n) is 8.94. The summed E-state index contributed by atoms with van der Waals surface area (Å²) < 4.78 is 38.9. The first-order valence-electron chi connectivity index (χ1n) is 10.9. The van der Waals surface area contributed by atoms with Crippen LogP contribution in [0.2, 0.25) is 0 Å². The summed E-state index contributed by atoms with van der Waals surface area (Å²) in [4.78, 5) is 6.95. The van der Waals surface area contributed by atoms with Gasteiger partial charge in [-0.05, 0) is 63.0 Å². The van der Waals surface area contributed by atoms with Crippen LogP contribution in [0, 0.1) is 30.4 Å². The third-order valence-electron chi connectivity index (χ3n) is 6.19. The summed E-state index contributed by atoms with van der Waals surface area (Å²) in [5.41, 5.74) is 1.06. The second-order valence-corrected chi connectivity index (χ2v) is 9.73. The van der Waals surface area contributed by atoms with Crippen molar-refractivity contribution < 1.29 is 13.5 Å². The molecule has 170 valence electrons. The number of aromatic nitrogens is 4. The average Bonchev–Trinajstić information content (AvgIpc) is 3.38. The van der Waals surface area contributed by atoms with Crippen LogP contribution in [0.25, 0.3) is 0 Å². The normalized spacial score (nSPS) is 22.6. The van der Waals surface area contributed by atoms with Crippen molar-refractivity contribution in [2.45, 2.75) is 45.7 Å². The van der Waals surface area contributed by atoms with Gasteiger partial charge in [-0.15, -0.1) is 5.10 Å². The molecular weight excluding hydrogens is 434 g/mol. The van der Waals surface area contributed by atoms with Gasteiger partial charge in [0.25, 0.3) is 0 Å². The zero-order chi connectivity index (χ0) is 22.4. The van der Waals surface area contributed by atoms with Gasteiger partial charge in [-0.1, -0.05) is 0 Å². The first-order valence-corrected chi connectivity index (χ1v) is 11.7. The number of hydrogen-bond donors (Lipinski definition) is 1. The van der Waals surface area contributed by atoms with Crippen LogP contribution in [0.3, 0.4) is 0 Å². The third-order valence-corrected chi connectivity index (χ3v) is 7.13. The van der Waals surface area contributed by atoms with Crippen molar-refractivity contribution in [3.8, 4) is 11.8 Å². The Morgan fingerprint density at radius 2 is 1.78 bits per heavy atom. The van der Waals surface area contributed by atoms with Crippen molar-refractivity contribution in [1.82, 2.24) is 19.1 Å². The number of anilines is 2. The molecule has 32 heavy (non-hydrogen) atoms. The monoisotopic (exact) mass is 460 g/mol. The van der Waals surface area contributed by atoms with Crippen LogP contribution in [0.15, 0.2) is 24.3 Å².